The first-order valence-electron chi connectivity index (χ1n) is 6.76. The zero-order chi connectivity index (χ0) is 14.0. The van der Waals surface area contributed by atoms with E-state index in [-0.39, 0.29) is 10.9 Å². The summed E-state index contributed by atoms with van der Waals surface area (Å²) in [5, 5.41) is 0.150. The minimum Gasteiger partial charge on any atom is -0.299 e. The number of halogens is 3. The van der Waals surface area contributed by atoms with Gasteiger partial charge in [-0.15, -0.1) is 0 Å². The van der Waals surface area contributed by atoms with E-state index < -0.39 is 11.5 Å². The molecule has 4 heteroatoms. The summed E-state index contributed by atoms with van der Waals surface area (Å²) in [7, 11) is 0. The van der Waals surface area contributed by atoms with Gasteiger partial charge in [-0.25, -0.2) is 8.78 Å². The Morgan fingerprint density at radius 1 is 1.32 bits per heavy atom. The maximum atomic E-state index is 14.4. The summed E-state index contributed by atoms with van der Waals surface area (Å²) >= 11 is 5.76. The average Bonchev–Trinajstić information content (AvgIpc) is 2.37. The van der Waals surface area contributed by atoms with Gasteiger partial charge in [0, 0.05) is 19.6 Å². The summed E-state index contributed by atoms with van der Waals surface area (Å²) in [5.41, 5.74) is -0.0565. The molecule has 19 heavy (non-hydrogen) atoms. The Morgan fingerprint density at radius 2 is 1.95 bits per heavy atom. The van der Waals surface area contributed by atoms with Gasteiger partial charge in [0.2, 0.25) is 0 Å². The van der Waals surface area contributed by atoms with Gasteiger partial charge in [0.15, 0.2) is 0 Å². The molecular weight excluding hydrogens is 268 g/mol. The molecule has 0 bridgehead atoms. The van der Waals surface area contributed by atoms with Crippen molar-refractivity contribution in [3.63, 3.8) is 0 Å². The second-order valence-electron chi connectivity index (χ2n) is 5.71. The van der Waals surface area contributed by atoms with E-state index in [0.717, 1.165) is 18.7 Å². The first-order chi connectivity index (χ1) is 8.90. The molecule has 0 radical (unpaired) electrons. The molecule has 1 aromatic carbocycles. The van der Waals surface area contributed by atoms with Crippen molar-refractivity contribution in [2.45, 2.75) is 38.9 Å². The van der Waals surface area contributed by atoms with Crippen LogP contribution in [0, 0.1) is 11.7 Å². The van der Waals surface area contributed by atoms with E-state index in [4.69, 9.17) is 11.6 Å². The highest BCUT2D eigenvalue weighted by atomic mass is 35.5. The van der Waals surface area contributed by atoms with E-state index in [2.05, 4.69) is 4.90 Å². The van der Waals surface area contributed by atoms with Gasteiger partial charge in [0.1, 0.15) is 11.5 Å². The van der Waals surface area contributed by atoms with Crippen LogP contribution in [-0.2, 0) is 6.54 Å². The molecule has 0 aliphatic carbocycles. The highest BCUT2D eigenvalue weighted by Crippen LogP contribution is 2.34. The summed E-state index contributed by atoms with van der Waals surface area (Å²) in [6.07, 6.45) is 1.14. The smallest absolute Gasteiger partial charge is 0.141 e. The molecule has 0 saturated carbocycles. The van der Waals surface area contributed by atoms with Crippen LogP contribution in [0.5, 0.6) is 0 Å². The normalized spacial score (nSPS) is 19.9. The SMILES string of the molecule is CC(C)C1(F)CCN(Cc2ccc(F)c(Cl)c2)CC1. The highest BCUT2D eigenvalue weighted by molar-refractivity contribution is 6.30. The number of hydrogen-bond donors (Lipinski definition) is 0. The second kappa shape index (κ2) is 5.76. The Hall–Kier alpha value is -0.670. The Kier molecular flexibility index (Phi) is 4.46. The molecule has 1 fully saturated rings. The van der Waals surface area contributed by atoms with Crippen molar-refractivity contribution >= 4 is 11.6 Å². The number of benzene rings is 1. The Labute approximate surface area is 118 Å². The van der Waals surface area contributed by atoms with Crippen LogP contribution in [0.1, 0.15) is 32.3 Å². The minimum absolute atomic E-state index is 0.0647. The molecule has 1 nitrogen and oxygen atoms in total. The summed E-state index contributed by atoms with van der Waals surface area (Å²) < 4.78 is 27.5. The number of likely N-dealkylation sites (tertiary alicyclic amines) is 1. The van der Waals surface area contributed by atoms with Crippen molar-refractivity contribution in [2.24, 2.45) is 5.92 Å². The van der Waals surface area contributed by atoms with E-state index in [1.165, 1.54) is 6.07 Å². The van der Waals surface area contributed by atoms with Crippen LogP contribution in [0.25, 0.3) is 0 Å². The predicted octanol–water partition coefficient (Wildman–Crippen LogP) is 4.44. The van der Waals surface area contributed by atoms with Gasteiger partial charge < -0.3 is 0 Å². The fourth-order valence-corrected chi connectivity index (χ4v) is 2.76. The van der Waals surface area contributed by atoms with Crippen LogP contribution < -0.4 is 0 Å². The molecule has 1 heterocycles. The summed E-state index contributed by atoms with van der Waals surface area (Å²) in [5.74, 6) is -0.332. The molecule has 0 unspecified atom stereocenters. The zero-order valence-corrected chi connectivity index (χ0v) is 12.2. The van der Waals surface area contributed by atoms with Gasteiger partial charge in [-0.2, -0.15) is 0 Å². The van der Waals surface area contributed by atoms with Gasteiger partial charge in [-0.3, -0.25) is 4.90 Å². The first-order valence-corrected chi connectivity index (χ1v) is 7.14. The van der Waals surface area contributed by atoms with E-state index in [1.807, 2.05) is 13.8 Å². The molecule has 1 saturated heterocycles. The molecule has 1 aliphatic rings. The van der Waals surface area contributed by atoms with E-state index >= 15 is 0 Å². The van der Waals surface area contributed by atoms with Gasteiger partial charge in [0.05, 0.1) is 5.02 Å². The van der Waals surface area contributed by atoms with E-state index in [0.29, 0.717) is 19.4 Å². The minimum atomic E-state index is -1.03. The van der Waals surface area contributed by atoms with Gasteiger partial charge in [-0.05, 0) is 36.5 Å². The molecule has 0 amide bonds. The van der Waals surface area contributed by atoms with Crippen LogP contribution in [0.3, 0.4) is 0 Å². The van der Waals surface area contributed by atoms with Gasteiger partial charge in [0.25, 0.3) is 0 Å². The lowest BCUT2D eigenvalue weighted by Gasteiger charge is -2.38. The third-order valence-electron chi connectivity index (χ3n) is 4.11. The lowest BCUT2D eigenvalue weighted by molar-refractivity contribution is 0.0172. The molecule has 0 spiro atoms. The Bertz CT molecular complexity index is 440. The molecule has 2 rings (SSSR count). The molecule has 106 valence electrons. The molecule has 1 aromatic rings. The standard InChI is InChI=1S/C15H20ClF2N/c1-11(2)15(18)5-7-19(8-6-15)10-12-3-4-14(17)13(16)9-12/h3-4,9,11H,5-8,10H2,1-2H3. The Balaban J connectivity index is 1.94. The number of rotatable bonds is 3. The number of piperidine rings is 1. The van der Waals surface area contributed by atoms with Crippen LogP contribution in [0.2, 0.25) is 5.02 Å². The van der Waals surface area contributed by atoms with Crippen molar-refractivity contribution < 1.29 is 8.78 Å². The topological polar surface area (TPSA) is 3.24 Å². The maximum absolute atomic E-state index is 14.4. The molecular formula is C15H20ClF2N. The second-order valence-corrected chi connectivity index (χ2v) is 6.12. The van der Waals surface area contributed by atoms with Gasteiger partial charge in [-0.1, -0.05) is 31.5 Å². The molecule has 0 aromatic heterocycles. The van der Waals surface area contributed by atoms with Crippen molar-refractivity contribution in [2.75, 3.05) is 13.1 Å². The van der Waals surface area contributed by atoms with Crippen LogP contribution in [-0.4, -0.2) is 23.7 Å². The van der Waals surface area contributed by atoms with Gasteiger partial charge >= 0.3 is 0 Å². The quantitative estimate of drug-likeness (QED) is 0.794. The molecule has 1 aliphatic heterocycles. The van der Waals surface area contributed by atoms with Crippen LogP contribution in [0.4, 0.5) is 8.78 Å². The van der Waals surface area contributed by atoms with Crippen LogP contribution >= 0.6 is 11.6 Å². The fraction of sp³-hybridized carbons (Fsp3) is 0.600. The number of hydrogen-bond acceptors (Lipinski definition) is 1. The zero-order valence-electron chi connectivity index (χ0n) is 11.4. The first kappa shape index (κ1) is 14.7. The number of nitrogens with zero attached hydrogens (tertiary/aromatic N) is 1. The average molecular weight is 288 g/mol. The van der Waals surface area contributed by atoms with Crippen LogP contribution in [0.15, 0.2) is 18.2 Å². The molecule has 0 N–H and O–H groups in total. The van der Waals surface area contributed by atoms with Crippen molar-refractivity contribution in [1.82, 2.24) is 4.90 Å². The maximum Gasteiger partial charge on any atom is 0.141 e. The summed E-state index contributed by atoms with van der Waals surface area (Å²) in [4.78, 5) is 2.20. The van der Waals surface area contributed by atoms with Crippen molar-refractivity contribution in [1.29, 1.82) is 0 Å². The lowest BCUT2D eigenvalue weighted by Crippen LogP contribution is -2.44. The fourth-order valence-electron chi connectivity index (χ4n) is 2.56. The largest absolute Gasteiger partial charge is 0.299 e. The highest BCUT2D eigenvalue weighted by Gasteiger charge is 2.37. The molecule has 0 atom stereocenters. The summed E-state index contributed by atoms with van der Waals surface area (Å²) in [6, 6.07) is 4.77. The van der Waals surface area contributed by atoms with E-state index in [9.17, 15) is 8.78 Å². The predicted molar refractivity (Wildman–Crippen MR) is 74.6 cm³/mol. The lowest BCUT2D eigenvalue weighted by atomic mass is 9.83. The third-order valence-corrected chi connectivity index (χ3v) is 4.40. The summed E-state index contributed by atoms with van der Waals surface area (Å²) in [6.45, 7) is 6.06. The monoisotopic (exact) mass is 287 g/mol. The van der Waals surface area contributed by atoms with Crippen molar-refractivity contribution in [3.8, 4) is 0 Å². The Morgan fingerprint density at radius 3 is 2.47 bits per heavy atom. The third kappa shape index (κ3) is 3.46. The van der Waals surface area contributed by atoms with E-state index in [1.54, 1.807) is 12.1 Å². The van der Waals surface area contributed by atoms with Crippen molar-refractivity contribution in [3.05, 3.63) is 34.6 Å². The number of alkyl halides is 1.